The standard InChI is InChI=1S/C16H22FN5O/c1-16(2,10-18)11-21(3)15(23)14-9-22(20-19-14)8-12-5-4-6-13(17)7-12/h4-7,9H,8,10-11,18H2,1-3H3. The Morgan fingerprint density at radius 1 is 1.43 bits per heavy atom. The number of nitrogens with zero attached hydrogens (tertiary/aromatic N) is 4. The minimum Gasteiger partial charge on any atom is -0.340 e. The predicted molar refractivity (Wildman–Crippen MR) is 85.3 cm³/mol. The van der Waals surface area contributed by atoms with Crippen LogP contribution in [0.15, 0.2) is 30.5 Å². The summed E-state index contributed by atoms with van der Waals surface area (Å²) in [6.07, 6.45) is 1.57. The van der Waals surface area contributed by atoms with E-state index in [9.17, 15) is 9.18 Å². The van der Waals surface area contributed by atoms with Gasteiger partial charge in [0, 0.05) is 13.6 Å². The molecular formula is C16H22FN5O. The van der Waals surface area contributed by atoms with Crippen molar-refractivity contribution in [2.24, 2.45) is 11.1 Å². The van der Waals surface area contributed by atoms with E-state index in [4.69, 9.17) is 5.73 Å². The van der Waals surface area contributed by atoms with Crippen molar-refractivity contribution in [2.75, 3.05) is 20.1 Å². The third-order valence-corrected chi connectivity index (χ3v) is 3.56. The monoisotopic (exact) mass is 319 g/mol. The Balaban J connectivity index is 2.05. The van der Waals surface area contributed by atoms with Crippen molar-refractivity contribution >= 4 is 5.91 Å². The summed E-state index contributed by atoms with van der Waals surface area (Å²) in [5.41, 5.74) is 6.55. The minimum atomic E-state index is -0.303. The van der Waals surface area contributed by atoms with Crippen molar-refractivity contribution in [2.45, 2.75) is 20.4 Å². The van der Waals surface area contributed by atoms with Crippen molar-refractivity contribution in [1.82, 2.24) is 19.9 Å². The molecule has 0 saturated carbocycles. The van der Waals surface area contributed by atoms with Crippen molar-refractivity contribution in [1.29, 1.82) is 0 Å². The molecule has 0 bridgehead atoms. The van der Waals surface area contributed by atoms with Crippen LogP contribution in [0.2, 0.25) is 0 Å². The predicted octanol–water partition coefficient (Wildman–Crippen LogP) is 1.52. The van der Waals surface area contributed by atoms with Crippen molar-refractivity contribution < 1.29 is 9.18 Å². The van der Waals surface area contributed by atoms with Gasteiger partial charge in [-0.1, -0.05) is 31.2 Å². The number of hydrogen-bond acceptors (Lipinski definition) is 4. The molecule has 0 saturated heterocycles. The third-order valence-electron chi connectivity index (χ3n) is 3.56. The number of amides is 1. The Kier molecular flexibility index (Phi) is 5.10. The molecule has 1 heterocycles. The summed E-state index contributed by atoms with van der Waals surface area (Å²) < 4.78 is 14.7. The molecule has 1 amide bonds. The minimum absolute atomic E-state index is 0.165. The van der Waals surface area contributed by atoms with Gasteiger partial charge in [0.2, 0.25) is 0 Å². The molecule has 23 heavy (non-hydrogen) atoms. The molecule has 6 nitrogen and oxygen atoms in total. The van der Waals surface area contributed by atoms with Gasteiger partial charge in [-0.3, -0.25) is 4.79 Å². The third kappa shape index (κ3) is 4.59. The molecule has 0 unspecified atom stereocenters. The van der Waals surface area contributed by atoms with Crippen LogP contribution in [-0.4, -0.2) is 45.9 Å². The molecule has 2 rings (SSSR count). The summed E-state index contributed by atoms with van der Waals surface area (Å²) in [5.74, 6) is -0.514. The van der Waals surface area contributed by atoms with Crippen LogP contribution in [0.4, 0.5) is 4.39 Å². The molecule has 1 aromatic heterocycles. The first-order valence-corrected chi connectivity index (χ1v) is 7.41. The summed E-state index contributed by atoms with van der Waals surface area (Å²) in [6.45, 7) is 5.36. The Labute approximate surface area is 135 Å². The maximum atomic E-state index is 13.2. The van der Waals surface area contributed by atoms with Crippen LogP contribution < -0.4 is 5.73 Å². The molecule has 0 atom stereocenters. The Morgan fingerprint density at radius 3 is 2.83 bits per heavy atom. The lowest BCUT2D eigenvalue weighted by Gasteiger charge is -2.28. The van der Waals surface area contributed by atoms with Crippen LogP contribution in [0.5, 0.6) is 0 Å². The van der Waals surface area contributed by atoms with Crippen LogP contribution >= 0.6 is 0 Å². The van der Waals surface area contributed by atoms with Crippen LogP contribution in [0.25, 0.3) is 0 Å². The fourth-order valence-corrected chi connectivity index (χ4v) is 2.27. The molecule has 0 spiro atoms. The highest BCUT2D eigenvalue weighted by molar-refractivity contribution is 5.91. The quantitative estimate of drug-likeness (QED) is 0.876. The normalized spacial score (nSPS) is 11.5. The van der Waals surface area contributed by atoms with E-state index in [0.29, 0.717) is 19.6 Å². The molecule has 0 aliphatic rings. The highest BCUT2D eigenvalue weighted by Crippen LogP contribution is 2.15. The van der Waals surface area contributed by atoms with Gasteiger partial charge < -0.3 is 10.6 Å². The average Bonchev–Trinajstić information content (AvgIpc) is 2.94. The Morgan fingerprint density at radius 2 is 2.17 bits per heavy atom. The largest absolute Gasteiger partial charge is 0.340 e. The lowest BCUT2D eigenvalue weighted by Crippen LogP contribution is -2.39. The van der Waals surface area contributed by atoms with E-state index in [1.54, 1.807) is 30.3 Å². The smallest absolute Gasteiger partial charge is 0.275 e. The molecule has 0 aliphatic carbocycles. The van der Waals surface area contributed by atoms with Crippen molar-refractivity contribution in [3.05, 3.63) is 47.5 Å². The van der Waals surface area contributed by atoms with E-state index in [0.717, 1.165) is 5.56 Å². The molecule has 7 heteroatoms. The first kappa shape index (κ1) is 17.1. The first-order chi connectivity index (χ1) is 10.8. The van der Waals surface area contributed by atoms with Gasteiger partial charge in [0.1, 0.15) is 5.82 Å². The summed E-state index contributed by atoms with van der Waals surface area (Å²) in [6, 6.07) is 6.24. The van der Waals surface area contributed by atoms with E-state index >= 15 is 0 Å². The van der Waals surface area contributed by atoms with E-state index in [1.807, 2.05) is 13.8 Å². The number of aromatic nitrogens is 3. The molecule has 0 fully saturated rings. The fraction of sp³-hybridized carbons (Fsp3) is 0.438. The maximum absolute atomic E-state index is 13.2. The number of nitrogens with two attached hydrogens (primary N) is 1. The highest BCUT2D eigenvalue weighted by Gasteiger charge is 2.23. The van der Waals surface area contributed by atoms with Gasteiger partial charge >= 0.3 is 0 Å². The molecule has 2 N–H and O–H groups in total. The SMILES string of the molecule is CN(CC(C)(C)CN)C(=O)c1cn(Cc2cccc(F)c2)nn1. The fourth-order valence-electron chi connectivity index (χ4n) is 2.27. The molecule has 0 aliphatic heterocycles. The van der Waals surface area contributed by atoms with Gasteiger partial charge in [0.05, 0.1) is 12.7 Å². The van der Waals surface area contributed by atoms with Gasteiger partial charge in [-0.05, 0) is 29.7 Å². The second kappa shape index (κ2) is 6.87. The Hall–Kier alpha value is -2.28. The van der Waals surface area contributed by atoms with Crippen LogP contribution in [0.3, 0.4) is 0 Å². The van der Waals surface area contributed by atoms with Gasteiger partial charge in [-0.15, -0.1) is 5.10 Å². The van der Waals surface area contributed by atoms with Crippen LogP contribution in [0.1, 0.15) is 29.9 Å². The lowest BCUT2D eigenvalue weighted by molar-refractivity contribution is 0.0734. The van der Waals surface area contributed by atoms with E-state index in [2.05, 4.69) is 10.3 Å². The molecule has 124 valence electrons. The van der Waals surface area contributed by atoms with E-state index in [1.165, 1.54) is 16.8 Å². The first-order valence-electron chi connectivity index (χ1n) is 7.41. The number of carbonyl (C=O) groups excluding carboxylic acids is 1. The highest BCUT2D eigenvalue weighted by atomic mass is 19.1. The average molecular weight is 319 g/mol. The van der Waals surface area contributed by atoms with Gasteiger partial charge in [0.15, 0.2) is 5.69 Å². The zero-order valence-electron chi connectivity index (χ0n) is 13.7. The lowest BCUT2D eigenvalue weighted by atomic mass is 9.93. The molecule has 2 aromatic rings. The molecule has 1 aromatic carbocycles. The van der Waals surface area contributed by atoms with E-state index in [-0.39, 0.29) is 22.8 Å². The zero-order chi connectivity index (χ0) is 17.0. The second-order valence-electron chi connectivity index (χ2n) is 6.46. The van der Waals surface area contributed by atoms with Gasteiger partial charge in [0.25, 0.3) is 5.91 Å². The molecular weight excluding hydrogens is 297 g/mol. The van der Waals surface area contributed by atoms with Crippen LogP contribution in [-0.2, 0) is 6.54 Å². The van der Waals surface area contributed by atoms with E-state index < -0.39 is 0 Å². The summed E-state index contributed by atoms with van der Waals surface area (Å²) in [5, 5.41) is 7.84. The number of benzene rings is 1. The number of hydrogen-bond donors (Lipinski definition) is 1. The Bertz CT molecular complexity index is 683. The maximum Gasteiger partial charge on any atom is 0.275 e. The summed E-state index contributed by atoms with van der Waals surface area (Å²) >= 11 is 0. The van der Waals surface area contributed by atoms with Crippen molar-refractivity contribution in [3.8, 4) is 0 Å². The van der Waals surface area contributed by atoms with Gasteiger partial charge in [-0.2, -0.15) is 0 Å². The summed E-state index contributed by atoms with van der Waals surface area (Å²) in [4.78, 5) is 14.0. The second-order valence-corrected chi connectivity index (χ2v) is 6.46. The number of halogens is 1. The van der Waals surface area contributed by atoms with Crippen molar-refractivity contribution in [3.63, 3.8) is 0 Å². The number of carbonyl (C=O) groups is 1. The molecule has 0 radical (unpaired) electrons. The topological polar surface area (TPSA) is 77.0 Å². The van der Waals surface area contributed by atoms with Gasteiger partial charge in [-0.25, -0.2) is 9.07 Å². The van der Waals surface area contributed by atoms with Crippen LogP contribution in [0, 0.1) is 11.2 Å². The zero-order valence-corrected chi connectivity index (χ0v) is 13.7. The number of rotatable bonds is 6. The summed E-state index contributed by atoms with van der Waals surface area (Å²) in [7, 11) is 1.71.